The lowest BCUT2D eigenvalue weighted by molar-refractivity contribution is -0.167. The lowest BCUT2D eigenvalue weighted by Gasteiger charge is -2.38. The summed E-state index contributed by atoms with van der Waals surface area (Å²) in [6.45, 7) is 2.62. The minimum Gasteiger partial charge on any atom is -0.384 e. The second-order valence-corrected chi connectivity index (χ2v) is 5.62. The van der Waals surface area contributed by atoms with E-state index in [-0.39, 0.29) is 18.3 Å². The lowest BCUT2D eigenvalue weighted by atomic mass is 9.79. The van der Waals surface area contributed by atoms with Gasteiger partial charge in [-0.3, -0.25) is 0 Å². The molecule has 106 valence electrons. The molecule has 0 atom stereocenters. The van der Waals surface area contributed by atoms with Gasteiger partial charge in [-0.1, -0.05) is 0 Å². The van der Waals surface area contributed by atoms with E-state index in [4.69, 9.17) is 4.74 Å². The maximum absolute atomic E-state index is 12.9. The molecule has 3 nitrogen and oxygen atoms in total. The van der Waals surface area contributed by atoms with Gasteiger partial charge in [0.05, 0.1) is 6.61 Å². The van der Waals surface area contributed by atoms with E-state index in [1.165, 1.54) is 0 Å². The van der Waals surface area contributed by atoms with Crippen LogP contribution in [0.1, 0.15) is 25.7 Å². The Morgan fingerprint density at radius 3 is 2.22 bits per heavy atom. The molecule has 1 aliphatic heterocycles. The van der Waals surface area contributed by atoms with E-state index < -0.39 is 11.7 Å². The van der Waals surface area contributed by atoms with Crippen molar-refractivity contribution in [2.45, 2.75) is 37.4 Å². The number of hydrogen-bond acceptors (Lipinski definition) is 3. The van der Waals surface area contributed by atoms with Crippen LogP contribution in [0, 0.1) is 5.41 Å². The highest BCUT2D eigenvalue weighted by Gasteiger charge is 2.63. The molecule has 0 bridgehead atoms. The molecule has 6 heteroatoms. The Hall–Kier alpha value is -0.330. The van der Waals surface area contributed by atoms with Crippen LogP contribution < -0.4 is 10.6 Å². The summed E-state index contributed by atoms with van der Waals surface area (Å²) in [7, 11) is 1.61. The van der Waals surface area contributed by atoms with Gasteiger partial charge < -0.3 is 15.4 Å². The number of nitrogens with one attached hydrogen (secondary N) is 2. The molecule has 0 aromatic rings. The average molecular weight is 266 g/mol. The van der Waals surface area contributed by atoms with Crippen LogP contribution in [-0.4, -0.2) is 45.1 Å². The van der Waals surface area contributed by atoms with Crippen molar-refractivity contribution in [3.63, 3.8) is 0 Å². The summed E-state index contributed by atoms with van der Waals surface area (Å²) in [5.74, 6) is 0. The second-order valence-electron chi connectivity index (χ2n) is 5.62. The molecule has 0 aromatic heterocycles. The van der Waals surface area contributed by atoms with Crippen LogP contribution in [0.25, 0.3) is 0 Å². The molecule has 1 saturated heterocycles. The lowest BCUT2D eigenvalue weighted by Crippen LogP contribution is -2.52. The van der Waals surface area contributed by atoms with E-state index >= 15 is 0 Å². The number of piperidine rings is 1. The first-order valence-corrected chi connectivity index (χ1v) is 6.45. The molecule has 1 heterocycles. The summed E-state index contributed by atoms with van der Waals surface area (Å²) in [6, 6.07) is 0. The first-order valence-electron chi connectivity index (χ1n) is 6.45. The van der Waals surface area contributed by atoms with Crippen LogP contribution in [0.4, 0.5) is 13.2 Å². The fraction of sp³-hybridized carbons (Fsp3) is 1.00. The van der Waals surface area contributed by atoms with E-state index in [2.05, 4.69) is 10.6 Å². The van der Waals surface area contributed by atoms with Crippen molar-refractivity contribution in [2.75, 3.05) is 33.4 Å². The highest BCUT2D eigenvalue weighted by Crippen LogP contribution is 2.49. The monoisotopic (exact) mass is 266 g/mol. The zero-order valence-electron chi connectivity index (χ0n) is 10.7. The van der Waals surface area contributed by atoms with Gasteiger partial charge >= 0.3 is 6.18 Å². The van der Waals surface area contributed by atoms with Crippen LogP contribution >= 0.6 is 0 Å². The molecule has 0 amide bonds. The van der Waals surface area contributed by atoms with Gasteiger partial charge in [0.15, 0.2) is 0 Å². The van der Waals surface area contributed by atoms with Gasteiger partial charge in [0.1, 0.15) is 5.54 Å². The van der Waals surface area contributed by atoms with E-state index in [1.54, 1.807) is 7.11 Å². The summed E-state index contributed by atoms with van der Waals surface area (Å²) in [5, 5.41) is 6.01. The molecule has 1 saturated carbocycles. The molecular weight excluding hydrogens is 245 g/mol. The van der Waals surface area contributed by atoms with Crippen molar-refractivity contribution in [1.82, 2.24) is 10.6 Å². The van der Waals surface area contributed by atoms with Gasteiger partial charge in [0, 0.05) is 19.1 Å². The molecule has 18 heavy (non-hydrogen) atoms. The number of ether oxygens (including phenoxy) is 1. The Kier molecular flexibility index (Phi) is 3.90. The largest absolute Gasteiger partial charge is 0.406 e. The van der Waals surface area contributed by atoms with Gasteiger partial charge in [-0.2, -0.15) is 13.2 Å². The fourth-order valence-electron chi connectivity index (χ4n) is 2.68. The Balaban J connectivity index is 1.94. The van der Waals surface area contributed by atoms with Crippen LogP contribution in [0.15, 0.2) is 0 Å². The predicted octanol–water partition coefficient (Wildman–Crippen LogP) is 1.69. The van der Waals surface area contributed by atoms with E-state index in [0.717, 1.165) is 25.9 Å². The minimum atomic E-state index is -4.13. The van der Waals surface area contributed by atoms with Crippen molar-refractivity contribution in [3.05, 3.63) is 0 Å². The predicted molar refractivity (Wildman–Crippen MR) is 62.4 cm³/mol. The highest BCUT2D eigenvalue weighted by molar-refractivity contribution is 5.09. The molecule has 0 unspecified atom stereocenters. The number of alkyl halides is 3. The van der Waals surface area contributed by atoms with E-state index in [9.17, 15) is 13.2 Å². The first kappa shape index (κ1) is 14.1. The Bertz CT molecular complexity index is 278. The summed E-state index contributed by atoms with van der Waals surface area (Å²) in [4.78, 5) is 0. The number of rotatable bonds is 5. The van der Waals surface area contributed by atoms with Gasteiger partial charge in [-0.25, -0.2) is 0 Å². The topological polar surface area (TPSA) is 33.3 Å². The van der Waals surface area contributed by atoms with Crippen molar-refractivity contribution in [2.24, 2.45) is 5.41 Å². The molecule has 0 spiro atoms. The Morgan fingerprint density at radius 1 is 1.17 bits per heavy atom. The van der Waals surface area contributed by atoms with Crippen LogP contribution in [0.2, 0.25) is 0 Å². The Labute approximate surface area is 105 Å². The Morgan fingerprint density at radius 2 is 1.78 bits per heavy atom. The smallest absolute Gasteiger partial charge is 0.384 e. The van der Waals surface area contributed by atoms with Gasteiger partial charge in [0.25, 0.3) is 0 Å². The van der Waals surface area contributed by atoms with Crippen molar-refractivity contribution in [1.29, 1.82) is 0 Å². The minimum absolute atomic E-state index is 0.152. The summed E-state index contributed by atoms with van der Waals surface area (Å²) in [5.41, 5.74) is -1.76. The van der Waals surface area contributed by atoms with Gasteiger partial charge in [-0.05, 0) is 38.8 Å². The molecule has 2 rings (SSSR count). The van der Waals surface area contributed by atoms with Crippen molar-refractivity contribution >= 4 is 0 Å². The summed E-state index contributed by atoms with van der Waals surface area (Å²) in [6.07, 6.45) is -1.99. The maximum atomic E-state index is 12.9. The summed E-state index contributed by atoms with van der Waals surface area (Å²) >= 11 is 0. The second kappa shape index (κ2) is 4.98. The molecule has 2 aliphatic rings. The zero-order valence-corrected chi connectivity index (χ0v) is 10.7. The fourth-order valence-corrected chi connectivity index (χ4v) is 2.68. The molecule has 1 aliphatic carbocycles. The summed E-state index contributed by atoms with van der Waals surface area (Å²) < 4.78 is 43.8. The van der Waals surface area contributed by atoms with Gasteiger partial charge in [-0.15, -0.1) is 0 Å². The van der Waals surface area contributed by atoms with Crippen LogP contribution in [0.3, 0.4) is 0 Å². The SMILES string of the molecule is COCC1(CNC2(C(F)(F)F)CC2)CCNCC1. The average Bonchev–Trinajstić information content (AvgIpc) is 3.08. The van der Waals surface area contributed by atoms with Gasteiger partial charge in [0.2, 0.25) is 0 Å². The number of hydrogen-bond donors (Lipinski definition) is 2. The van der Waals surface area contributed by atoms with Crippen molar-refractivity contribution in [3.8, 4) is 0 Å². The quantitative estimate of drug-likeness (QED) is 0.794. The van der Waals surface area contributed by atoms with Crippen LogP contribution in [0.5, 0.6) is 0 Å². The molecule has 0 aromatic carbocycles. The van der Waals surface area contributed by atoms with Crippen LogP contribution in [-0.2, 0) is 4.74 Å². The molecule has 2 N–H and O–H groups in total. The molecular formula is C12H21F3N2O. The normalized spacial score (nSPS) is 26.0. The third-order valence-corrected chi connectivity index (χ3v) is 4.21. The zero-order chi connectivity index (χ0) is 13.3. The van der Waals surface area contributed by atoms with E-state index in [0.29, 0.717) is 13.2 Å². The standard InChI is InChI=1S/C12H21F3N2O/c1-18-9-10(4-6-16-7-5-10)8-17-11(2-3-11)12(13,14)15/h16-17H,2-9H2,1H3. The molecule has 0 radical (unpaired) electrons. The number of methoxy groups -OCH3 is 1. The third kappa shape index (κ3) is 2.81. The third-order valence-electron chi connectivity index (χ3n) is 4.21. The maximum Gasteiger partial charge on any atom is 0.406 e. The first-order chi connectivity index (χ1) is 8.43. The highest BCUT2D eigenvalue weighted by atomic mass is 19.4. The van der Waals surface area contributed by atoms with E-state index in [1.807, 2.05) is 0 Å². The molecule has 2 fully saturated rings. The van der Waals surface area contributed by atoms with Crippen molar-refractivity contribution < 1.29 is 17.9 Å². The number of halogens is 3.